The number of Topliss-reactive ketones (excluding diaryl/α,β-unsaturated/α-hetero) is 3. The predicted octanol–water partition coefficient (Wildman–Crippen LogP) is 7.98. The number of allylic oxidation sites excluding steroid dienone is 3. The Morgan fingerprint density at radius 1 is 0.574 bits per heavy atom. The molecule has 11 nitrogen and oxygen atoms in total. The van der Waals surface area contributed by atoms with Gasteiger partial charge in [-0.05, 0) is 43.6 Å². The highest BCUT2D eigenvalue weighted by atomic mass is 35.5. The van der Waals surface area contributed by atoms with Crippen molar-refractivity contribution in [2.45, 2.75) is 123 Å². The largest absolute Gasteiger partial charge is 0.341 e. The molecule has 0 spiro atoms. The average molecular weight is 860 g/mol. The van der Waals surface area contributed by atoms with Crippen LogP contribution in [0.3, 0.4) is 0 Å². The van der Waals surface area contributed by atoms with Gasteiger partial charge >= 0.3 is 0 Å². The van der Waals surface area contributed by atoms with Crippen molar-refractivity contribution in [1.29, 1.82) is 15.8 Å². The van der Waals surface area contributed by atoms with Crippen LogP contribution in [0.1, 0.15) is 123 Å². The Kier molecular flexibility index (Phi) is 14.5. The highest BCUT2D eigenvalue weighted by molar-refractivity contribution is 6.05. The molecule has 334 valence electrons. The minimum absolute atomic E-state index is 0. The molecule has 12 heteroatoms. The van der Waals surface area contributed by atoms with Crippen LogP contribution in [0.25, 0.3) is 0 Å². The van der Waals surface area contributed by atoms with Crippen LogP contribution < -0.4 is 5.32 Å². The maximum Gasteiger partial charge on any atom is 0.227 e. The van der Waals surface area contributed by atoms with E-state index in [1.807, 2.05) is 123 Å². The number of halogens is 1. The van der Waals surface area contributed by atoms with Crippen molar-refractivity contribution in [1.82, 2.24) is 15.1 Å². The Balaban J connectivity index is 0.000000245. The number of rotatable bonds is 0. The molecule has 0 aromatic heterocycles. The van der Waals surface area contributed by atoms with E-state index in [-0.39, 0.29) is 80.8 Å². The fraction of sp³-hybridized carbons (Fsp3) is 0.714. The van der Waals surface area contributed by atoms with E-state index < -0.39 is 27.1 Å². The van der Waals surface area contributed by atoms with Crippen molar-refractivity contribution in [3.63, 3.8) is 0 Å². The highest BCUT2D eigenvalue weighted by Crippen LogP contribution is 2.54. The molecule has 61 heavy (non-hydrogen) atoms. The molecule has 3 heterocycles. The van der Waals surface area contributed by atoms with Crippen molar-refractivity contribution in [3.8, 4) is 18.2 Å². The summed E-state index contributed by atoms with van der Waals surface area (Å²) in [6.45, 7) is 33.9. The fourth-order valence-electron chi connectivity index (χ4n) is 11.7. The quantitative estimate of drug-likeness (QED) is 0.253. The molecule has 1 N–H and O–H groups in total. The van der Waals surface area contributed by atoms with E-state index >= 15 is 0 Å². The van der Waals surface area contributed by atoms with E-state index in [9.17, 15) is 34.5 Å². The molecule has 6 rings (SSSR count). The van der Waals surface area contributed by atoms with Crippen molar-refractivity contribution in [3.05, 3.63) is 34.9 Å². The first kappa shape index (κ1) is 51.2. The Labute approximate surface area is 371 Å². The Morgan fingerprint density at radius 3 is 1.16 bits per heavy atom. The van der Waals surface area contributed by atoms with Crippen LogP contribution in [0.5, 0.6) is 0 Å². The van der Waals surface area contributed by atoms with Crippen LogP contribution >= 0.6 is 12.4 Å². The van der Waals surface area contributed by atoms with Gasteiger partial charge in [-0.25, -0.2) is 0 Å². The van der Waals surface area contributed by atoms with Gasteiger partial charge in [0.2, 0.25) is 11.8 Å². The van der Waals surface area contributed by atoms with Gasteiger partial charge in [0.05, 0.1) is 16.7 Å². The topological polar surface area (TPSA) is 175 Å². The molecule has 0 aromatic carbocycles. The number of nitrogens with one attached hydrogen (secondary N) is 1. The van der Waals surface area contributed by atoms with E-state index in [0.29, 0.717) is 37.7 Å². The van der Waals surface area contributed by atoms with Crippen LogP contribution in [0, 0.1) is 95.1 Å². The summed E-state index contributed by atoms with van der Waals surface area (Å²) < 4.78 is 0. The summed E-state index contributed by atoms with van der Waals surface area (Å²) >= 11 is 0. The summed E-state index contributed by atoms with van der Waals surface area (Å²) in [5.74, 6) is 0.816. The number of piperidine rings is 3. The van der Waals surface area contributed by atoms with Gasteiger partial charge < -0.3 is 15.1 Å². The molecule has 3 aliphatic carbocycles. The van der Waals surface area contributed by atoms with Gasteiger partial charge in [0, 0.05) is 76.0 Å². The molecule has 0 saturated carbocycles. The molecule has 6 atom stereocenters. The van der Waals surface area contributed by atoms with Crippen LogP contribution in [-0.4, -0.2) is 78.2 Å². The lowest BCUT2D eigenvalue weighted by Gasteiger charge is -2.53. The third-order valence-corrected chi connectivity index (χ3v) is 14.7. The summed E-state index contributed by atoms with van der Waals surface area (Å²) in [4.78, 5) is 66.1. The maximum absolute atomic E-state index is 12.6. The number of amides is 2. The number of carbonyl (C=O) groups is 5. The third-order valence-electron chi connectivity index (χ3n) is 14.7. The highest BCUT2D eigenvalue weighted by Gasteiger charge is 2.56. The Bertz CT molecular complexity index is 1940. The van der Waals surface area contributed by atoms with Crippen LogP contribution in [0.2, 0.25) is 0 Å². The molecule has 6 aliphatic rings. The maximum atomic E-state index is 12.6. The molecule has 0 radical (unpaired) electrons. The normalized spacial score (nSPS) is 32.2. The lowest BCUT2D eigenvalue weighted by Crippen LogP contribution is -2.58. The molecule has 0 unspecified atom stereocenters. The molecular formula is C49H71ClN6O5. The lowest BCUT2D eigenvalue weighted by atomic mass is 9.55. The van der Waals surface area contributed by atoms with Crippen molar-refractivity contribution in [2.24, 2.45) is 61.1 Å². The molecule has 3 aliphatic heterocycles. The number of nitriles is 3. The number of carbonyl (C=O) groups excluding carboxylic acids is 5. The van der Waals surface area contributed by atoms with E-state index in [1.54, 1.807) is 0 Å². The standard InChI is InChI=1S/2C18H26N2O2.C13H18N2O.ClH/c2*1-16(2,3)15(22)20-8-7-13-17(4,5)14(21)12(10-19)9-18(13,6)11-20;1-12(2)10-4-5-15-8-13(10,3)6-9(7-14)11(12)16;/h2*9,13H,7-8,11H2,1-6H3;6,10,15H,4-5,8H2,1-3H3;1H/t2*13-,18+;10-,13+;/m100./s1. The zero-order valence-electron chi connectivity index (χ0n) is 39.5. The van der Waals surface area contributed by atoms with Crippen LogP contribution in [-0.2, 0) is 24.0 Å². The first-order valence-corrected chi connectivity index (χ1v) is 21.6. The van der Waals surface area contributed by atoms with Gasteiger partial charge in [0.1, 0.15) is 18.2 Å². The second-order valence-electron chi connectivity index (χ2n) is 22.8. The Hall–Kier alpha value is -4.11. The van der Waals surface area contributed by atoms with E-state index in [1.165, 1.54) is 0 Å². The van der Waals surface area contributed by atoms with Gasteiger partial charge in [-0.1, -0.05) is 122 Å². The van der Waals surface area contributed by atoms with Crippen LogP contribution in [0.15, 0.2) is 34.9 Å². The monoisotopic (exact) mass is 859 g/mol. The fourth-order valence-corrected chi connectivity index (χ4v) is 11.7. The smallest absolute Gasteiger partial charge is 0.227 e. The number of nitrogens with zero attached hydrogens (tertiary/aromatic N) is 5. The SMILES string of the molecule is CC(C)(C)C(=O)N1CC[C@@H]2C(C)(C)C(=O)C(C#N)=C[C@@]2(C)C1.CC(C)(C)C(=O)N1CC[C@H]2C(C)(C)C(=O)C(C#N)=C[C@]2(C)C1.CC1(C)C(=O)C(C#N)=C[C@]2(C)CNCC[C@@H]12.Cl. The molecule has 0 aromatic rings. The number of hydrogen-bond donors (Lipinski definition) is 1. The Morgan fingerprint density at radius 2 is 0.869 bits per heavy atom. The van der Waals surface area contributed by atoms with E-state index in [4.69, 9.17) is 5.26 Å². The number of hydrogen-bond acceptors (Lipinski definition) is 9. The average Bonchev–Trinajstić information content (AvgIpc) is 3.15. The summed E-state index contributed by atoms with van der Waals surface area (Å²) in [6.07, 6.45) is 8.11. The number of fused-ring (bicyclic) bond motifs is 3. The molecule has 3 fully saturated rings. The minimum Gasteiger partial charge on any atom is -0.341 e. The van der Waals surface area contributed by atoms with Gasteiger partial charge in [0.25, 0.3) is 0 Å². The zero-order valence-corrected chi connectivity index (χ0v) is 40.3. The second kappa shape index (κ2) is 17.2. The first-order chi connectivity index (χ1) is 27.3. The summed E-state index contributed by atoms with van der Waals surface area (Å²) in [6, 6.07) is 6.15. The third kappa shape index (κ3) is 9.47. The minimum atomic E-state index is -0.550. The van der Waals surface area contributed by atoms with Crippen LogP contribution in [0.4, 0.5) is 0 Å². The van der Waals surface area contributed by atoms with E-state index in [0.717, 1.165) is 32.4 Å². The van der Waals surface area contributed by atoms with Crippen molar-refractivity contribution in [2.75, 3.05) is 39.3 Å². The van der Waals surface area contributed by atoms with Gasteiger partial charge in [-0.3, -0.25) is 24.0 Å². The van der Waals surface area contributed by atoms with Gasteiger partial charge in [-0.2, -0.15) is 15.8 Å². The number of ketones is 3. The van der Waals surface area contributed by atoms with E-state index in [2.05, 4.69) is 32.2 Å². The molecular weight excluding hydrogens is 788 g/mol. The van der Waals surface area contributed by atoms with Crippen molar-refractivity contribution >= 4 is 41.6 Å². The molecule has 2 amide bonds. The molecule has 0 bridgehead atoms. The summed E-state index contributed by atoms with van der Waals surface area (Å²) in [5, 5.41) is 31.0. The second-order valence-corrected chi connectivity index (χ2v) is 22.8. The van der Waals surface area contributed by atoms with Crippen molar-refractivity contribution < 1.29 is 24.0 Å². The molecule has 3 saturated heterocycles. The zero-order chi connectivity index (χ0) is 45.8. The predicted molar refractivity (Wildman–Crippen MR) is 238 cm³/mol. The first-order valence-electron chi connectivity index (χ1n) is 21.6. The summed E-state index contributed by atoms with van der Waals surface area (Å²) in [5.41, 5.74) is -2.19. The van der Waals surface area contributed by atoms with Gasteiger partial charge in [-0.15, -0.1) is 12.4 Å². The van der Waals surface area contributed by atoms with Gasteiger partial charge in [0.15, 0.2) is 17.3 Å². The lowest BCUT2D eigenvalue weighted by molar-refractivity contribution is -0.148. The summed E-state index contributed by atoms with van der Waals surface area (Å²) in [7, 11) is 0. The number of likely N-dealkylation sites (tertiary alicyclic amines) is 2.